The number of nitrogens with one attached hydrogen (secondary N) is 1. The molecule has 120 valence electrons. The molecule has 1 aromatic heterocycles. The van der Waals surface area contributed by atoms with Crippen molar-refractivity contribution in [1.82, 2.24) is 15.1 Å². The fourth-order valence-corrected chi connectivity index (χ4v) is 2.39. The Morgan fingerprint density at radius 3 is 2.59 bits per heavy atom. The molecule has 0 spiro atoms. The fraction of sp³-hybridized carbons (Fsp3) is 0.733. The van der Waals surface area contributed by atoms with Gasteiger partial charge in [-0.3, -0.25) is 9.48 Å². The Labute approximate surface area is 131 Å². The van der Waals surface area contributed by atoms with Crippen LogP contribution in [0, 0.1) is 5.92 Å². The molecular formula is C15H24BN3O3. The van der Waals surface area contributed by atoms with Gasteiger partial charge in [0, 0.05) is 30.3 Å². The van der Waals surface area contributed by atoms with Gasteiger partial charge in [0.1, 0.15) is 0 Å². The van der Waals surface area contributed by atoms with Crippen molar-refractivity contribution in [3.8, 4) is 0 Å². The normalized spacial score (nSPS) is 22.8. The molecule has 3 rings (SSSR count). The van der Waals surface area contributed by atoms with E-state index in [-0.39, 0.29) is 30.1 Å². The van der Waals surface area contributed by atoms with E-state index in [1.165, 1.54) is 0 Å². The molecule has 1 amide bonds. The van der Waals surface area contributed by atoms with Gasteiger partial charge < -0.3 is 14.6 Å². The Balaban J connectivity index is 1.54. The second-order valence-corrected chi connectivity index (χ2v) is 7.19. The average molecular weight is 305 g/mol. The molecule has 1 aromatic rings. The first-order chi connectivity index (χ1) is 10.3. The highest BCUT2D eigenvalue weighted by Gasteiger charge is 2.52. The van der Waals surface area contributed by atoms with Gasteiger partial charge in [-0.05, 0) is 40.5 Å². The van der Waals surface area contributed by atoms with Crippen molar-refractivity contribution in [2.24, 2.45) is 5.92 Å². The van der Waals surface area contributed by atoms with Crippen LogP contribution in [-0.4, -0.2) is 40.6 Å². The zero-order valence-corrected chi connectivity index (χ0v) is 13.8. The third-order valence-corrected chi connectivity index (χ3v) is 4.77. The van der Waals surface area contributed by atoms with Crippen LogP contribution in [0.15, 0.2) is 12.4 Å². The van der Waals surface area contributed by atoms with E-state index in [1.54, 1.807) is 6.20 Å². The molecule has 0 bridgehead atoms. The summed E-state index contributed by atoms with van der Waals surface area (Å²) in [4.78, 5) is 11.6. The van der Waals surface area contributed by atoms with E-state index in [0.29, 0.717) is 13.1 Å². The molecule has 22 heavy (non-hydrogen) atoms. The number of hydrogen-bond donors (Lipinski definition) is 1. The molecule has 0 unspecified atom stereocenters. The van der Waals surface area contributed by atoms with Gasteiger partial charge in [-0.1, -0.05) is 0 Å². The lowest BCUT2D eigenvalue weighted by Crippen LogP contribution is -2.41. The number of aromatic nitrogens is 2. The summed E-state index contributed by atoms with van der Waals surface area (Å²) < 4.78 is 13.8. The van der Waals surface area contributed by atoms with E-state index in [2.05, 4.69) is 10.4 Å². The van der Waals surface area contributed by atoms with Crippen molar-refractivity contribution in [3.63, 3.8) is 0 Å². The summed E-state index contributed by atoms with van der Waals surface area (Å²) >= 11 is 0. The van der Waals surface area contributed by atoms with Gasteiger partial charge in [0.05, 0.1) is 17.7 Å². The molecule has 1 saturated carbocycles. The van der Waals surface area contributed by atoms with Gasteiger partial charge in [-0.2, -0.15) is 5.10 Å². The number of carbonyl (C=O) groups is 1. The highest BCUT2D eigenvalue weighted by atomic mass is 16.7. The number of nitrogens with zero attached hydrogens (tertiary/aromatic N) is 2. The van der Waals surface area contributed by atoms with Crippen molar-refractivity contribution in [2.45, 2.75) is 58.3 Å². The smallest absolute Gasteiger partial charge is 0.399 e. The van der Waals surface area contributed by atoms with Crippen molar-refractivity contribution < 1.29 is 14.1 Å². The first-order valence-electron chi connectivity index (χ1n) is 7.94. The Morgan fingerprint density at radius 1 is 1.36 bits per heavy atom. The Morgan fingerprint density at radius 2 is 2.00 bits per heavy atom. The monoisotopic (exact) mass is 305 g/mol. The van der Waals surface area contributed by atoms with Crippen LogP contribution in [-0.2, 0) is 20.6 Å². The molecule has 7 heteroatoms. The van der Waals surface area contributed by atoms with Gasteiger partial charge in [0.15, 0.2) is 0 Å². The average Bonchev–Trinajstić information content (AvgIpc) is 3.12. The minimum Gasteiger partial charge on any atom is -0.399 e. The number of carbonyl (C=O) groups excluding carboxylic acids is 1. The van der Waals surface area contributed by atoms with Crippen molar-refractivity contribution >= 4 is 18.5 Å². The van der Waals surface area contributed by atoms with Gasteiger partial charge in [0.2, 0.25) is 5.91 Å². The van der Waals surface area contributed by atoms with Gasteiger partial charge in [-0.15, -0.1) is 0 Å². The molecule has 1 aliphatic heterocycles. The van der Waals surface area contributed by atoms with E-state index in [9.17, 15) is 4.79 Å². The molecule has 0 aromatic carbocycles. The molecule has 6 nitrogen and oxygen atoms in total. The van der Waals surface area contributed by atoms with Crippen molar-refractivity contribution in [3.05, 3.63) is 12.4 Å². The Kier molecular flexibility index (Phi) is 3.81. The summed E-state index contributed by atoms with van der Waals surface area (Å²) in [5, 5.41) is 7.25. The third kappa shape index (κ3) is 3.05. The lowest BCUT2D eigenvalue weighted by atomic mass is 9.82. The standard InChI is InChI=1S/C15H24BN3O3/c1-14(2)15(3,4)22-16(21-14)12-9-18-19(10-12)8-7-17-13(20)11-5-6-11/h9-11H,5-8H2,1-4H3,(H,17,20). The van der Waals surface area contributed by atoms with Crippen LogP contribution >= 0.6 is 0 Å². The number of rotatable bonds is 5. The lowest BCUT2D eigenvalue weighted by molar-refractivity contribution is -0.122. The maximum absolute atomic E-state index is 11.6. The first-order valence-corrected chi connectivity index (χ1v) is 7.94. The summed E-state index contributed by atoms with van der Waals surface area (Å²) in [6.45, 7) is 9.38. The molecule has 1 aliphatic carbocycles. The van der Waals surface area contributed by atoms with Gasteiger partial charge in [0.25, 0.3) is 0 Å². The van der Waals surface area contributed by atoms with Gasteiger partial charge >= 0.3 is 7.12 Å². The summed E-state index contributed by atoms with van der Waals surface area (Å²) in [6.07, 6.45) is 5.75. The molecular weight excluding hydrogens is 281 g/mol. The number of amides is 1. The van der Waals surface area contributed by atoms with E-state index in [4.69, 9.17) is 9.31 Å². The van der Waals surface area contributed by atoms with Crippen LogP contribution in [0.4, 0.5) is 0 Å². The van der Waals surface area contributed by atoms with Gasteiger partial charge in [-0.25, -0.2) is 0 Å². The first kappa shape index (κ1) is 15.6. The molecule has 2 aliphatic rings. The summed E-state index contributed by atoms with van der Waals surface area (Å²) in [5.74, 6) is 0.413. The van der Waals surface area contributed by atoms with Crippen molar-refractivity contribution in [1.29, 1.82) is 0 Å². The minimum absolute atomic E-state index is 0.165. The van der Waals surface area contributed by atoms with E-state index < -0.39 is 0 Å². The zero-order chi connectivity index (χ0) is 16.0. The van der Waals surface area contributed by atoms with Crippen molar-refractivity contribution in [2.75, 3.05) is 6.54 Å². The summed E-state index contributed by atoms with van der Waals surface area (Å²) in [5.41, 5.74) is 0.211. The maximum atomic E-state index is 11.6. The lowest BCUT2D eigenvalue weighted by Gasteiger charge is -2.32. The molecule has 2 heterocycles. The van der Waals surface area contributed by atoms with Crippen LogP contribution in [0.2, 0.25) is 0 Å². The van der Waals surface area contributed by atoms with E-state index in [1.807, 2.05) is 38.6 Å². The molecule has 1 saturated heterocycles. The topological polar surface area (TPSA) is 65.4 Å². The zero-order valence-electron chi connectivity index (χ0n) is 13.8. The van der Waals surface area contributed by atoms with Crippen LogP contribution in [0.1, 0.15) is 40.5 Å². The summed E-state index contributed by atoms with van der Waals surface area (Å²) in [6, 6.07) is 0. The Bertz CT molecular complexity index is 550. The predicted molar refractivity (Wildman–Crippen MR) is 83.7 cm³/mol. The van der Waals surface area contributed by atoms with Crippen LogP contribution in [0.25, 0.3) is 0 Å². The molecule has 0 radical (unpaired) electrons. The highest BCUT2D eigenvalue weighted by Crippen LogP contribution is 2.36. The van der Waals surface area contributed by atoms with E-state index >= 15 is 0 Å². The van der Waals surface area contributed by atoms with Crippen LogP contribution in [0.5, 0.6) is 0 Å². The molecule has 0 atom stereocenters. The van der Waals surface area contributed by atoms with Crippen LogP contribution in [0.3, 0.4) is 0 Å². The fourth-order valence-electron chi connectivity index (χ4n) is 2.39. The molecule has 1 N–H and O–H groups in total. The third-order valence-electron chi connectivity index (χ3n) is 4.77. The largest absolute Gasteiger partial charge is 0.498 e. The second kappa shape index (κ2) is 5.39. The predicted octanol–water partition coefficient (Wildman–Crippen LogP) is 0.708. The van der Waals surface area contributed by atoms with Crippen LogP contribution < -0.4 is 10.8 Å². The summed E-state index contributed by atoms with van der Waals surface area (Å²) in [7, 11) is -0.389. The highest BCUT2D eigenvalue weighted by molar-refractivity contribution is 6.61. The SMILES string of the molecule is CC1(C)OB(c2cnn(CCNC(=O)C3CC3)c2)OC1(C)C. The van der Waals surface area contributed by atoms with E-state index in [0.717, 1.165) is 18.3 Å². The minimum atomic E-state index is -0.389. The number of hydrogen-bond acceptors (Lipinski definition) is 4. The quantitative estimate of drug-likeness (QED) is 0.814. The Hall–Kier alpha value is -1.34. The second-order valence-electron chi connectivity index (χ2n) is 7.19. The molecule has 2 fully saturated rings. The maximum Gasteiger partial charge on any atom is 0.498 e.